The largest absolute Gasteiger partial charge is 0.491 e. The molecule has 1 aliphatic rings. The minimum absolute atomic E-state index is 0.348. The summed E-state index contributed by atoms with van der Waals surface area (Å²) in [6, 6.07) is 10.3. The fourth-order valence-electron chi connectivity index (χ4n) is 2.23. The summed E-state index contributed by atoms with van der Waals surface area (Å²) >= 11 is 6.12. The normalized spacial score (nSPS) is 14.6. The number of halogens is 4. The lowest BCUT2D eigenvalue weighted by atomic mass is 10.0. The third-order valence-corrected chi connectivity index (χ3v) is 3.67. The monoisotopic (exact) mass is 325 g/mol. The van der Waals surface area contributed by atoms with E-state index < -0.39 is 11.7 Å². The number of benzene rings is 2. The molecular formula is C16H11ClF3NO. The van der Waals surface area contributed by atoms with Crippen LogP contribution in [-0.2, 0) is 6.18 Å². The van der Waals surface area contributed by atoms with Crippen molar-refractivity contribution in [1.82, 2.24) is 0 Å². The lowest BCUT2D eigenvalue weighted by molar-refractivity contribution is -0.137. The van der Waals surface area contributed by atoms with Crippen LogP contribution in [0.25, 0.3) is 11.1 Å². The van der Waals surface area contributed by atoms with Crippen LogP contribution in [0.2, 0.25) is 0 Å². The molecular weight excluding hydrogens is 315 g/mol. The Bertz CT molecular complexity index is 723. The molecule has 0 fully saturated rings. The van der Waals surface area contributed by atoms with Crippen molar-refractivity contribution in [1.29, 1.82) is 0 Å². The highest BCUT2D eigenvalue weighted by atomic mass is 35.5. The van der Waals surface area contributed by atoms with Gasteiger partial charge in [-0.25, -0.2) is 0 Å². The number of alkyl halides is 3. The maximum absolute atomic E-state index is 12.6. The van der Waals surface area contributed by atoms with Crippen molar-refractivity contribution in [3.8, 4) is 16.9 Å². The van der Waals surface area contributed by atoms with Crippen LogP contribution in [0.5, 0.6) is 5.75 Å². The summed E-state index contributed by atoms with van der Waals surface area (Å²) in [5.41, 5.74) is 1.40. The smallest absolute Gasteiger partial charge is 0.416 e. The molecule has 2 aromatic carbocycles. The molecule has 1 heterocycles. The van der Waals surface area contributed by atoms with E-state index in [0.717, 1.165) is 17.7 Å². The number of fused-ring (bicyclic) bond motifs is 1. The van der Waals surface area contributed by atoms with Crippen LogP contribution < -0.4 is 4.74 Å². The van der Waals surface area contributed by atoms with E-state index in [1.165, 1.54) is 12.1 Å². The van der Waals surface area contributed by atoms with E-state index in [1.54, 1.807) is 18.2 Å². The van der Waals surface area contributed by atoms with Gasteiger partial charge < -0.3 is 4.74 Å². The molecule has 0 amide bonds. The second-order valence-electron chi connectivity index (χ2n) is 4.81. The summed E-state index contributed by atoms with van der Waals surface area (Å²) in [5.74, 6) is 0.627. The number of hydrogen-bond acceptors (Lipinski definition) is 2. The third-order valence-electron chi connectivity index (χ3n) is 3.35. The molecule has 22 heavy (non-hydrogen) atoms. The summed E-state index contributed by atoms with van der Waals surface area (Å²) in [4.78, 5) is 4.15. The molecule has 1 aliphatic heterocycles. The van der Waals surface area contributed by atoms with Crippen molar-refractivity contribution >= 4 is 16.8 Å². The fraction of sp³-hybridized carbons (Fsp3) is 0.188. The minimum Gasteiger partial charge on any atom is -0.491 e. The zero-order chi connectivity index (χ0) is 15.7. The van der Waals surface area contributed by atoms with Crippen molar-refractivity contribution in [2.75, 3.05) is 13.2 Å². The SMILES string of the molecule is FC(F)(F)c1ccc(-c2ccc3c(c2)C(Cl)=NCCO3)cc1. The van der Waals surface area contributed by atoms with Gasteiger partial charge in [0.1, 0.15) is 17.5 Å². The van der Waals surface area contributed by atoms with Crippen LogP contribution >= 0.6 is 11.6 Å². The van der Waals surface area contributed by atoms with Gasteiger partial charge in [0.25, 0.3) is 0 Å². The second kappa shape index (κ2) is 5.65. The number of rotatable bonds is 1. The summed E-state index contributed by atoms with van der Waals surface area (Å²) in [6.07, 6.45) is -4.34. The molecule has 0 atom stereocenters. The molecule has 0 spiro atoms. The van der Waals surface area contributed by atoms with Gasteiger partial charge in [0.05, 0.1) is 17.7 Å². The van der Waals surface area contributed by atoms with Gasteiger partial charge in [-0.15, -0.1) is 0 Å². The molecule has 0 bridgehead atoms. The van der Waals surface area contributed by atoms with Crippen molar-refractivity contribution in [2.24, 2.45) is 4.99 Å². The number of hydrogen-bond donors (Lipinski definition) is 0. The molecule has 0 unspecified atom stereocenters. The van der Waals surface area contributed by atoms with E-state index in [0.29, 0.717) is 35.2 Å². The average Bonchev–Trinajstić information content (AvgIpc) is 2.68. The fourth-order valence-corrected chi connectivity index (χ4v) is 2.47. The van der Waals surface area contributed by atoms with Gasteiger partial charge in [-0.1, -0.05) is 29.8 Å². The Hall–Kier alpha value is -2.01. The van der Waals surface area contributed by atoms with Gasteiger partial charge in [0, 0.05) is 0 Å². The molecule has 0 N–H and O–H groups in total. The van der Waals surface area contributed by atoms with Gasteiger partial charge in [0.2, 0.25) is 0 Å². The number of ether oxygens (including phenoxy) is 1. The Morgan fingerprint density at radius 2 is 1.68 bits per heavy atom. The molecule has 0 aromatic heterocycles. The van der Waals surface area contributed by atoms with E-state index in [1.807, 2.05) is 0 Å². The zero-order valence-corrected chi connectivity index (χ0v) is 12.1. The van der Waals surface area contributed by atoms with E-state index in [-0.39, 0.29) is 0 Å². The molecule has 0 aliphatic carbocycles. The van der Waals surface area contributed by atoms with Gasteiger partial charge in [0.15, 0.2) is 0 Å². The van der Waals surface area contributed by atoms with Crippen molar-refractivity contribution in [3.63, 3.8) is 0 Å². The molecule has 6 heteroatoms. The first kappa shape index (κ1) is 14.9. The van der Waals surface area contributed by atoms with Crippen LogP contribution in [0.15, 0.2) is 47.5 Å². The third kappa shape index (κ3) is 2.95. The topological polar surface area (TPSA) is 21.6 Å². The molecule has 2 aromatic rings. The van der Waals surface area contributed by atoms with Gasteiger partial charge >= 0.3 is 6.18 Å². The van der Waals surface area contributed by atoms with Crippen molar-refractivity contribution in [3.05, 3.63) is 53.6 Å². The maximum atomic E-state index is 12.6. The van der Waals surface area contributed by atoms with Crippen LogP contribution in [0.1, 0.15) is 11.1 Å². The highest BCUT2D eigenvalue weighted by Crippen LogP contribution is 2.33. The predicted molar refractivity (Wildman–Crippen MR) is 79.6 cm³/mol. The summed E-state index contributed by atoms with van der Waals surface area (Å²) < 4.78 is 43.3. The Kier molecular flexibility index (Phi) is 3.83. The Morgan fingerprint density at radius 1 is 1.00 bits per heavy atom. The maximum Gasteiger partial charge on any atom is 0.416 e. The van der Waals surface area contributed by atoms with Crippen LogP contribution in [-0.4, -0.2) is 18.3 Å². The van der Waals surface area contributed by atoms with E-state index in [4.69, 9.17) is 16.3 Å². The average molecular weight is 326 g/mol. The van der Waals surface area contributed by atoms with Gasteiger partial charge in [-0.05, 0) is 35.4 Å². The first-order chi connectivity index (χ1) is 10.4. The summed E-state index contributed by atoms with van der Waals surface area (Å²) in [7, 11) is 0. The van der Waals surface area contributed by atoms with Crippen LogP contribution in [0, 0.1) is 0 Å². The first-order valence-corrected chi connectivity index (χ1v) is 6.98. The van der Waals surface area contributed by atoms with E-state index in [9.17, 15) is 13.2 Å². The zero-order valence-electron chi connectivity index (χ0n) is 11.3. The van der Waals surface area contributed by atoms with E-state index >= 15 is 0 Å². The molecule has 0 radical (unpaired) electrons. The number of nitrogens with zero attached hydrogens (tertiary/aromatic N) is 1. The summed E-state index contributed by atoms with van der Waals surface area (Å²) in [6.45, 7) is 0.923. The Morgan fingerprint density at radius 3 is 2.36 bits per heavy atom. The molecule has 2 nitrogen and oxygen atoms in total. The predicted octanol–water partition coefficient (Wildman–Crippen LogP) is 4.75. The van der Waals surface area contributed by atoms with Crippen molar-refractivity contribution in [2.45, 2.75) is 6.18 Å². The Balaban J connectivity index is 1.99. The molecule has 114 valence electrons. The lowest BCUT2D eigenvalue weighted by Gasteiger charge is -2.10. The van der Waals surface area contributed by atoms with Gasteiger partial charge in [-0.2, -0.15) is 13.2 Å². The molecule has 0 saturated carbocycles. The Labute approximate surface area is 130 Å². The van der Waals surface area contributed by atoms with Crippen molar-refractivity contribution < 1.29 is 17.9 Å². The van der Waals surface area contributed by atoms with Crippen LogP contribution in [0.3, 0.4) is 0 Å². The summed E-state index contributed by atoms with van der Waals surface area (Å²) in [5, 5.41) is 0.348. The highest BCUT2D eigenvalue weighted by molar-refractivity contribution is 6.70. The minimum atomic E-state index is -4.34. The number of aliphatic imine (C=N–C) groups is 1. The van der Waals surface area contributed by atoms with Gasteiger partial charge in [-0.3, -0.25) is 4.99 Å². The van der Waals surface area contributed by atoms with Crippen LogP contribution in [0.4, 0.5) is 13.2 Å². The first-order valence-electron chi connectivity index (χ1n) is 6.60. The molecule has 3 rings (SSSR count). The van der Waals surface area contributed by atoms with E-state index in [2.05, 4.69) is 4.99 Å². The highest BCUT2D eigenvalue weighted by Gasteiger charge is 2.30. The lowest BCUT2D eigenvalue weighted by Crippen LogP contribution is -2.04. The quantitative estimate of drug-likeness (QED) is 0.741. The molecule has 0 saturated heterocycles. The second-order valence-corrected chi connectivity index (χ2v) is 5.17. The standard InChI is InChI=1S/C16H11ClF3NO/c17-15-13-9-11(3-6-14(13)22-8-7-21-15)10-1-4-12(5-2-10)16(18,19)20/h1-6,9H,7-8H2.